The van der Waals surface area contributed by atoms with Crippen LogP contribution in [-0.4, -0.2) is 4.98 Å². The Hall–Kier alpha value is -0.540. The van der Waals surface area contributed by atoms with E-state index in [9.17, 15) is 0 Å². The molecule has 0 saturated heterocycles. The number of pyridine rings is 1. The van der Waals surface area contributed by atoms with Crippen LogP contribution in [0.25, 0.3) is 5.70 Å². The van der Waals surface area contributed by atoms with Gasteiger partial charge in [-0.2, -0.15) is 0 Å². The molecule has 1 aromatic rings. The zero-order chi connectivity index (χ0) is 8.43. The van der Waals surface area contributed by atoms with Gasteiger partial charge >= 0.3 is 0 Å². The van der Waals surface area contributed by atoms with Gasteiger partial charge in [0, 0.05) is 17.5 Å². The van der Waals surface area contributed by atoms with Crippen molar-refractivity contribution in [1.82, 2.24) is 4.98 Å². The van der Waals surface area contributed by atoms with E-state index in [0.717, 1.165) is 10.0 Å². The Morgan fingerprint density at radius 3 is 2.82 bits per heavy atom. The maximum absolute atomic E-state index is 5.66. The molecular formula is C7H6BrClN2. The molecule has 0 unspecified atom stereocenters. The van der Waals surface area contributed by atoms with Gasteiger partial charge in [-0.3, -0.25) is 0 Å². The fourth-order valence-corrected chi connectivity index (χ4v) is 1.05. The van der Waals surface area contributed by atoms with Crippen LogP contribution >= 0.6 is 27.5 Å². The minimum absolute atomic E-state index is 0.426. The van der Waals surface area contributed by atoms with Crippen molar-refractivity contribution in [3.63, 3.8) is 0 Å². The first kappa shape index (κ1) is 8.56. The van der Waals surface area contributed by atoms with Gasteiger partial charge in [0.15, 0.2) is 0 Å². The number of aromatic nitrogens is 1. The van der Waals surface area contributed by atoms with Crippen molar-refractivity contribution in [1.29, 1.82) is 0 Å². The third kappa shape index (κ3) is 1.94. The predicted molar refractivity (Wildman–Crippen MR) is 50.2 cm³/mol. The Morgan fingerprint density at radius 2 is 2.36 bits per heavy atom. The van der Waals surface area contributed by atoms with Crippen LogP contribution in [0.3, 0.4) is 0 Å². The summed E-state index contributed by atoms with van der Waals surface area (Å²) < 4.78 is 0.725. The molecule has 1 rings (SSSR count). The fourth-order valence-electron chi connectivity index (χ4n) is 0.597. The molecule has 2 nitrogen and oxygen atoms in total. The maximum atomic E-state index is 5.66. The zero-order valence-corrected chi connectivity index (χ0v) is 7.98. The van der Waals surface area contributed by atoms with Gasteiger partial charge in [-0.25, -0.2) is 4.98 Å². The second-order valence-electron chi connectivity index (χ2n) is 2.02. The van der Waals surface area contributed by atoms with E-state index < -0.39 is 0 Å². The van der Waals surface area contributed by atoms with E-state index in [4.69, 9.17) is 17.3 Å². The highest BCUT2D eigenvalue weighted by Crippen LogP contribution is 2.21. The molecule has 0 atom stereocenters. The smallest absolute Gasteiger partial charge is 0.143 e. The molecule has 4 heteroatoms. The number of halogens is 2. The van der Waals surface area contributed by atoms with Crippen LogP contribution in [0.5, 0.6) is 0 Å². The maximum Gasteiger partial charge on any atom is 0.143 e. The summed E-state index contributed by atoms with van der Waals surface area (Å²) in [6, 6.07) is 1.78. The lowest BCUT2D eigenvalue weighted by Gasteiger charge is -1.99. The molecule has 1 heterocycles. The molecule has 0 radical (unpaired) electrons. The third-order valence-corrected chi connectivity index (χ3v) is 2.30. The molecule has 0 bridgehead atoms. The van der Waals surface area contributed by atoms with Crippen LogP contribution in [0.2, 0.25) is 5.15 Å². The SMILES string of the molecule is C=C(N)c1cnc(Cl)c(Br)c1. The molecule has 2 N–H and O–H groups in total. The van der Waals surface area contributed by atoms with E-state index >= 15 is 0 Å². The van der Waals surface area contributed by atoms with E-state index in [1.165, 1.54) is 0 Å². The topological polar surface area (TPSA) is 38.9 Å². The molecule has 0 aliphatic rings. The van der Waals surface area contributed by atoms with Gasteiger partial charge in [0.1, 0.15) is 5.15 Å². The predicted octanol–water partition coefficient (Wildman–Crippen LogP) is 2.43. The van der Waals surface area contributed by atoms with Crippen molar-refractivity contribution in [3.05, 3.63) is 34.0 Å². The van der Waals surface area contributed by atoms with Gasteiger partial charge in [0.25, 0.3) is 0 Å². The number of nitrogens with zero attached hydrogens (tertiary/aromatic N) is 1. The molecule has 58 valence electrons. The summed E-state index contributed by atoms with van der Waals surface area (Å²) in [5.41, 5.74) is 6.69. The fraction of sp³-hybridized carbons (Fsp3) is 0. The van der Waals surface area contributed by atoms with Crippen LogP contribution in [0.4, 0.5) is 0 Å². The first-order valence-electron chi connectivity index (χ1n) is 2.87. The van der Waals surface area contributed by atoms with E-state index in [1.807, 2.05) is 0 Å². The first-order chi connectivity index (χ1) is 5.11. The monoisotopic (exact) mass is 232 g/mol. The summed E-state index contributed by atoms with van der Waals surface area (Å²) in [6.45, 7) is 3.57. The normalized spacial score (nSPS) is 9.64. The second-order valence-corrected chi connectivity index (χ2v) is 3.23. The molecule has 0 amide bonds. The van der Waals surface area contributed by atoms with Gasteiger partial charge in [-0.05, 0) is 22.0 Å². The van der Waals surface area contributed by atoms with Crippen molar-refractivity contribution >= 4 is 33.2 Å². The van der Waals surface area contributed by atoms with E-state index in [0.29, 0.717) is 10.9 Å². The second kappa shape index (κ2) is 3.24. The number of rotatable bonds is 1. The van der Waals surface area contributed by atoms with Crippen molar-refractivity contribution in [2.24, 2.45) is 5.73 Å². The summed E-state index contributed by atoms with van der Waals surface area (Å²) in [6.07, 6.45) is 1.58. The average molecular weight is 233 g/mol. The van der Waals surface area contributed by atoms with Crippen molar-refractivity contribution in [2.75, 3.05) is 0 Å². The first-order valence-corrected chi connectivity index (χ1v) is 4.04. The molecule has 0 aliphatic carbocycles. The van der Waals surface area contributed by atoms with Crippen molar-refractivity contribution in [3.8, 4) is 0 Å². The number of nitrogens with two attached hydrogens (primary N) is 1. The molecule has 0 saturated carbocycles. The van der Waals surface area contributed by atoms with Crippen LogP contribution in [0.1, 0.15) is 5.56 Å². The standard InChI is InChI=1S/C7H6BrClN2/c1-4(10)5-2-6(8)7(9)11-3-5/h2-3H,1,10H2. The molecule has 1 aromatic heterocycles. The van der Waals surface area contributed by atoms with Crippen LogP contribution in [0.15, 0.2) is 23.3 Å². The third-order valence-electron chi connectivity index (χ3n) is 1.17. The van der Waals surface area contributed by atoms with E-state index in [1.54, 1.807) is 12.3 Å². The summed E-state index contributed by atoms with van der Waals surface area (Å²) >= 11 is 8.88. The molecule has 0 spiro atoms. The minimum Gasteiger partial charge on any atom is -0.399 e. The van der Waals surface area contributed by atoms with Gasteiger partial charge in [-0.15, -0.1) is 0 Å². The average Bonchev–Trinajstić information content (AvgIpc) is 1.94. The van der Waals surface area contributed by atoms with Gasteiger partial charge < -0.3 is 5.73 Å². The Balaban J connectivity index is 3.15. The Morgan fingerprint density at radius 1 is 1.73 bits per heavy atom. The lowest BCUT2D eigenvalue weighted by atomic mass is 10.2. The summed E-state index contributed by atoms with van der Waals surface area (Å²) in [4.78, 5) is 3.88. The molecular weight excluding hydrogens is 227 g/mol. The largest absolute Gasteiger partial charge is 0.399 e. The van der Waals surface area contributed by atoms with E-state index in [-0.39, 0.29) is 0 Å². The number of hydrogen-bond donors (Lipinski definition) is 1. The quantitative estimate of drug-likeness (QED) is 0.757. The highest BCUT2D eigenvalue weighted by Gasteiger charge is 2.00. The van der Waals surface area contributed by atoms with Crippen LogP contribution in [0, 0.1) is 0 Å². The zero-order valence-electron chi connectivity index (χ0n) is 5.64. The van der Waals surface area contributed by atoms with Crippen molar-refractivity contribution < 1.29 is 0 Å². The lowest BCUT2D eigenvalue weighted by Crippen LogP contribution is -1.94. The van der Waals surface area contributed by atoms with Crippen molar-refractivity contribution in [2.45, 2.75) is 0 Å². The summed E-state index contributed by atoms with van der Waals surface area (Å²) in [7, 11) is 0. The summed E-state index contributed by atoms with van der Waals surface area (Å²) in [5.74, 6) is 0. The lowest BCUT2D eigenvalue weighted by molar-refractivity contribution is 1.28. The highest BCUT2D eigenvalue weighted by atomic mass is 79.9. The molecule has 0 aliphatic heterocycles. The Labute approximate surface area is 78.2 Å². The van der Waals surface area contributed by atoms with Gasteiger partial charge in [0.2, 0.25) is 0 Å². The van der Waals surface area contributed by atoms with Crippen LogP contribution in [-0.2, 0) is 0 Å². The number of hydrogen-bond acceptors (Lipinski definition) is 2. The van der Waals surface area contributed by atoms with Gasteiger partial charge in [0.05, 0.1) is 4.47 Å². The molecule has 11 heavy (non-hydrogen) atoms. The molecule has 0 aromatic carbocycles. The van der Waals surface area contributed by atoms with Crippen LogP contribution < -0.4 is 5.73 Å². The Bertz CT molecular complexity index is 298. The summed E-state index contributed by atoms with van der Waals surface area (Å²) in [5, 5.41) is 0.426. The highest BCUT2D eigenvalue weighted by molar-refractivity contribution is 9.10. The van der Waals surface area contributed by atoms with E-state index in [2.05, 4.69) is 27.5 Å². The van der Waals surface area contributed by atoms with Gasteiger partial charge in [-0.1, -0.05) is 18.2 Å². The minimum atomic E-state index is 0.426. The molecule has 0 fully saturated rings. The Kier molecular flexibility index (Phi) is 2.52.